The van der Waals surface area contributed by atoms with Crippen molar-refractivity contribution >= 4 is 34.9 Å². The maximum absolute atomic E-state index is 13.7. The van der Waals surface area contributed by atoms with Gasteiger partial charge in [-0.2, -0.15) is 5.10 Å². The van der Waals surface area contributed by atoms with Crippen LogP contribution < -0.4 is 16.0 Å². The Morgan fingerprint density at radius 3 is 2.45 bits per heavy atom. The van der Waals surface area contributed by atoms with E-state index in [4.69, 9.17) is 17.3 Å². The smallest absolute Gasteiger partial charge is 0.269 e. The molecule has 2 aromatic carbocycles. The molecule has 0 bridgehead atoms. The van der Waals surface area contributed by atoms with Gasteiger partial charge in [-0.3, -0.25) is 14.5 Å². The Bertz CT molecular complexity index is 1690. The summed E-state index contributed by atoms with van der Waals surface area (Å²) in [4.78, 5) is 34.8. The average molecular weight is 588 g/mol. The molecule has 11 heteroatoms. The van der Waals surface area contributed by atoms with Crippen LogP contribution >= 0.6 is 11.6 Å². The van der Waals surface area contributed by atoms with E-state index in [1.807, 2.05) is 18.2 Å². The summed E-state index contributed by atoms with van der Waals surface area (Å²) >= 11 is 6.46. The fraction of sp³-hybridized carbons (Fsp3) is 0.290. The van der Waals surface area contributed by atoms with E-state index < -0.39 is 5.91 Å². The lowest BCUT2D eigenvalue weighted by Gasteiger charge is -2.43. The van der Waals surface area contributed by atoms with E-state index in [-0.39, 0.29) is 22.4 Å². The molecule has 3 N–H and O–H groups in total. The zero-order valence-corrected chi connectivity index (χ0v) is 24.3. The minimum Gasteiger partial charge on any atom is -0.364 e. The summed E-state index contributed by atoms with van der Waals surface area (Å²) < 4.78 is 15.3. The minimum absolute atomic E-state index is 0.179. The van der Waals surface area contributed by atoms with Crippen molar-refractivity contribution < 1.29 is 14.0 Å². The molecule has 1 aliphatic carbocycles. The van der Waals surface area contributed by atoms with Gasteiger partial charge in [0.05, 0.1) is 22.0 Å². The lowest BCUT2D eigenvalue weighted by atomic mass is 9.88. The van der Waals surface area contributed by atoms with Crippen molar-refractivity contribution in [3.8, 4) is 16.9 Å². The number of hydrogen-bond donors (Lipinski definition) is 2. The van der Waals surface area contributed by atoms with Gasteiger partial charge in [0.2, 0.25) is 0 Å². The number of nitrogens with zero attached hydrogens (tertiary/aromatic N) is 5. The van der Waals surface area contributed by atoms with Gasteiger partial charge in [-0.1, -0.05) is 17.7 Å². The number of hydrogen-bond acceptors (Lipinski definition) is 6. The topological polar surface area (TPSA) is 109 Å². The molecule has 216 valence electrons. The molecule has 3 heterocycles. The van der Waals surface area contributed by atoms with Crippen LogP contribution in [0.15, 0.2) is 54.7 Å². The first-order valence-corrected chi connectivity index (χ1v) is 14.2. The summed E-state index contributed by atoms with van der Waals surface area (Å²) in [7, 11) is 2.11. The van der Waals surface area contributed by atoms with Crippen LogP contribution in [0.2, 0.25) is 5.02 Å². The molecule has 9 nitrogen and oxygen atoms in total. The van der Waals surface area contributed by atoms with Crippen LogP contribution in [0, 0.1) is 5.82 Å². The van der Waals surface area contributed by atoms with Gasteiger partial charge in [-0.15, -0.1) is 0 Å². The summed E-state index contributed by atoms with van der Waals surface area (Å²) in [6.07, 6.45) is 2.77. The lowest BCUT2D eigenvalue weighted by Crippen LogP contribution is -2.55. The Morgan fingerprint density at radius 2 is 1.76 bits per heavy atom. The third-order valence-electron chi connectivity index (χ3n) is 8.32. The maximum atomic E-state index is 13.7. The highest BCUT2D eigenvalue weighted by Crippen LogP contribution is 2.38. The number of carbonyl (C=O) groups is 2. The predicted octanol–water partition coefficient (Wildman–Crippen LogP) is 4.71. The van der Waals surface area contributed by atoms with Crippen molar-refractivity contribution in [1.29, 1.82) is 0 Å². The number of likely N-dealkylation sites (N-methyl/N-ethyl adjacent to an activating group) is 1. The molecule has 1 saturated heterocycles. The standard InChI is InChI=1S/C31H31ClFN7O2/c1-17-15-39(16-18(2)38(17)3)27-13-25(26(32)14-35-27)31(42)36-21-8-4-19-5-11-23-28(30(34)41)37-40(29(23)24(19)12-21)22-9-6-20(33)7-10-22/h4,6-10,12-14,17-18H,5,11,15-16H2,1-3H3,(H2,34,41)(H,36,42)/t17-,18+. The van der Waals surface area contributed by atoms with Crippen LogP contribution in [0.1, 0.15) is 45.8 Å². The third-order valence-corrected chi connectivity index (χ3v) is 8.63. The molecule has 0 spiro atoms. The summed E-state index contributed by atoms with van der Waals surface area (Å²) in [5, 5.41) is 7.75. The van der Waals surface area contributed by atoms with E-state index in [1.165, 1.54) is 18.3 Å². The second kappa shape index (κ2) is 10.8. The van der Waals surface area contributed by atoms with Crippen molar-refractivity contribution in [1.82, 2.24) is 19.7 Å². The molecule has 0 saturated carbocycles. The number of amides is 2. The molecule has 2 aliphatic rings. The number of halogens is 2. The molecule has 2 aromatic heterocycles. The number of aromatic nitrogens is 3. The zero-order valence-electron chi connectivity index (χ0n) is 23.6. The van der Waals surface area contributed by atoms with Crippen LogP contribution in [-0.4, -0.2) is 63.7 Å². The Hall–Kier alpha value is -4.28. The molecule has 1 fully saturated rings. The Kier molecular flexibility index (Phi) is 7.20. The third kappa shape index (κ3) is 5.01. The molecule has 0 unspecified atom stereocenters. The molecule has 1 aliphatic heterocycles. The zero-order chi connectivity index (χ0) is 29.7. The lowest BCUT2D eigenvalue weighted by molar-refractivity contribution is 0.0992. The van der Waals surface area contributed by atoms with E-state index >= 15 is 0 Å². The molecule has 2 amide bonds. The predicted molar refractivity (Wildman–Crippen MR) is 161 cm³/mol. The summed E-state index contributed by atoms with van der Waals surface area (Å²) in [5.74, 6) is -0.671. The van der Waals surface area contributed by atoms with Gasteiger partial charge in [0.1, 0.15) is 11.6 Å². The number of benzene rings is 2. The highest BCUT2D eigenvalue weighted by molar-refractivity contribution is 6.34. The van der Waals surface area contributed by atoms with Crippen LogP contribution in [0.25, 0.3) is 16.9 Å². The number of piperazine rings is 1. The van der Waals surface area contributed by atoms with Crippen LogP contribution in [-0.2, 0) is 12.8 Å². The summed E-state index contributed by atoms with van der Waals surface area (Å²) in [5.41, 5.74) is 10.6. The van der Waals surface area contributed by atoms with Crippen LogP contribution in [0.5, 0.6) is 0 Å². The normalized spacial score (nSPS) is 18.4. The SMILES string of the molecule is C[C@@H]1CN(c2cc(C(=O)Nc3ccc4c(c3)-c3c(c(C(N)=O)nn3-c3ccc(F)cc3)CC4)c(Cl)cn2)C[C@H](C)N1C. The molecule has 42 heavy (non-hydrogen) atoms. The first-order valence-electron chi connectivity index (χ1n) is 13.9. The van der Waals surface area contributed by atoms with Gasteiger partial charge in [0, 0.05) is 48.2 Å². The molecule has 6 rings (SSSR count). The number of nitrogens with one attached hydrogen (secondary N) is 1. The summed E-state index contributed by atoms with van der Waals surface area (Å²) in [6, 6.07) is 13.9. The quantitative estimate of drug-likeness (QED) is 0.350. The van der Waals surface area contributed by atoms with E-state index in [9.17, 15) is 14.0 Å². The maximum Gasteiger partial charge on any atom is 0.269 e. The minimum atomic E-state index is -0.632. The van der Waals surface area contributed by atoms with Crippen LogP contribution in [0.4, 0.5) is 15.9 Å². The monoisotopic (exact) mass is 587 g/mol. The number of anilines is 2. The Balaban J connectivity index is 1.33. The van der Waals surface area contributed by atoms with Crippen molar-refractivity contribution in [3.63, 3.8) is 0 Å². The number of carbonyl (C=O) groups excluding carboxylic acids is 2. The summed E-state index contributed by atoms with van der Waals surface area (Å²) in [6.45, 7) is 5.92. The van der Waals surface area contributed by atoms with Gasteiger partial charge in [0.25, 0.3) is 11.8 Å². The van der Waals surface area contributed by atoms with Crippen molar-refractivity contribution in [3.05, 3.63) is 88.0 Å². The molecular formula is C31H31ClFN7O2. The second-order valence-electron chi connectivity index (χ2n) is 11.0. The van der Waals surface area contributed by atoms with E-state index in [0.717, 1.165) is 29.8 Å². The van der Waals surface area contributed by atoms with Gasteiger partial charge < -0.3 is 16.0 Å². The molecule has 4 aromatic rings. The van der Waals surface area contributed by atoms with Crippen LogP contribution in [0.3, 0.4) is 0 Å². The molecule has 2 atom stereocenters. The number of fused-ring (bicyclic) bond motifs is 3. The van der Waals surface area contributed by atoms with E-state index in [0.29, 0.717) is 53.4 Å². The number of aryl methyl sites for hydroxylation is 1. The van der Waals surface area contributed by atoms with E-state index in [1.54, 1.807) is 22.9 Å². The van der Waals surface area contributed by atoms with Crippen molar-refractivity contribution in [2.75, 3.05) is 30.4 Å². The highest BCUT2D eigenvalue weighted by Gasteiger charge is 2.30. The number of primary amides is 1. The number of rotatable bonds is 5. The number of nitrogens with two attached hydrogens (primary N) is 1. The number of pyridine rings is 1. The van der Waals surface area contributed by atoms with Gasteiger partial charge >= 0.3 is 0 Å². The Labute approximate surface area is 248 Å². The largest absolute Gasteiger partial charge is 0.364 e. The van der Waals surface area contributed by atoms with Gasteiger partial charge in [0.15, 0.2) is 5.69 Å². The Morgan fingerprint density at radius 1 is 1.05 bits per heavy atom. The fourth-order valence-electron chi connectivity index (χ4n) is 5.85. The van der Waals surface area contributed by atoms with Crippen molar-refractivity contribution in [2.24, 2.45) is 5.73 Å². The average Bonchev–Trinajstić information content (AvgIpc) is 3.37. The van der Waals surface area contributed by atoms with Gasteiger partial charge in [-0.05, 0) is 81.8 Å². The van der Waals surface area contributed by atoms with E-state index in [2.05, 4.69) is 46.1 Å². The molecular weight excluding hydrogens is 557 g/mol. The first kappa shape index (κ1) is 27.9. The fourth-order valence-corrected chi connectivity index (χ4v) is 6.04. The van der Waals surface area contributed by atoms with Crippen molar-refractivity contribution in [2.45, 2.75) is 38.8 Å². The highest BCUT2D eigenvalue weighted by atomic mass is 35.5. The molecule has 0 radical (unpaired) electrons. The first-order chi connectivity index (χ1) is 20.1. The second-order valence-corrected chi connectivity index (χ2v) is 11.5. The van der Waals surface area contributed by atoms with Gasteiger partial charge in [-0.25, -0.2) is 14.1 Å².